The highest BCUT2D eigenvalue weighted by Crippen LogP contribution is 2.27. The summed E-state index contributed by atoms with van der Waals surface area (Å²) in [6.07, 6.45) is 1.80. The summed E-state index contributed by atoms with van der Waals surface area (Å²) in [4.78, 5) is 21.6. The van der Waals surface area contributed by atoms with E-state index in [0.29, 0.717) is 12.1 Å². The standard InChI is InChI=1S/C25H26N4OS/c1-17(2)27-24(30)21-11-9-19(10-12-21)15-29-23-22(8-5-13-26-23)28-25(29)31-16-20-7-4-6-18(3)14-20/h4-14,17H,15-16H2,1-3H3,(H,27,30). The SMILES string of the molecule is Cc1cccc(CSc2nc3cccnc3n2Cc2ccc(C(=O)NC(C)C)cc2)c1. The lowest BCUT2D eigenvalue weighted by Crippen LogP contribution is -2.30. The van der Waals surface area contributed by atoms with Gasteiger partial charge in [-0.15, -0.1) is 0 Å². The molecule has 0 bridgehead atoms. The molecular weight excluding hydrogens is 404 g/mol. The van der Waals surface area contributed by atoms with Crippen LogP contribution in [0.25, 0.3) is 11.2 Å². The van der Waals surface area contributed by atoms with E-state index in [2.05, 4.69) is 46.1 Å². The Balaban J connectivity index is 1.57. The van der Waals surface area contributed by atoms with E-state index in [-0.39, 0.29) is 11.9 Å². The van der Waals surface area contributed by atoms with Gasteiger partial charge >= 0.3 is 0 Å². The summed E-state index contributed by atoms with van der Waals surface area (Å²) < 4.78 is 2.15. The van der Waals surface area contributed by atoms with Crippen molar-refractivity contribution in [2.75, 3.05) is 0 Å². The van der Waals surface area contributed by atoms with Crippen molar-refractivity contribution in [2.45, 2.75) is 44.3 Å². The largest absolute Gasteiger partial charge is 0.350 e. The maximum Gasteiger partial charge on any atom is 0.251 e. The van der Waals surface area contributed by atoms with Gasteiger partial charge < -0.3 is 5.32 Å². The number of hydrogen-bond donors (Lipinski definition) is 1. The van der Waals surface area contributed by atoms with E-state index in [1.807, 2.05) is 50.2 Å². The molecule has 0 fully saturated rings. The summed E-state index contributed by atoms with van der Waals surface area (Å²) in [5, 5.41) is 3.87. The van der Waals surface area contributed by atoms with Crippen LogP contribution in [0.3, 0.4) is 0 Å². The number of nitrogens with zero attached hydrogens (tertiary/aromatic N) is 3. The third kappa shape index (κ3) is 5.14. The average Bonchev–Trinajstić information content (AvgIpc) is 3.10. The van der Waals surface area contributed by atoms with Crippen LogP contribution in [0.2, 0.25) is 0 Å². The zero-order valence-corrected chi connectivity index (χ0v) is 18.8. The molecule has 2 aromatic carbocycles. The molecule has 0 saturated carbocycles. The Morgan fingerprint density at radius 1 is 1.06 bits per heavy atom. The molecule has 0 atom stereocenters. The lowest BCUT2D eigenvalue weighted by atomic mass is 10.1. The number of pyridine rings is 1. The Bertz CT molecular complexity index is 1200. The normalized spacial score (nSPS) is 11.2. The number of hydrogen-bond acceptors (Lipinski definition) is 4. The van der Waals surface area contributed by atoms with Crippen LogP contribution in [0.15, 0.2) is 72.0 Å². The van der Waals surface area contributed by atoms with Crippen LogP contribution in [-0.4, -0.2) is 26.5 Å². The second kappa shape index (κ2) is 9.35. The number of benzene rings is 2. The smallest absolute Gasteiger partial charge is 0.251 e. The molecule has 2 aromatic heterocycles. The van der Waals surface area contributed by atoms with Crippen LogP contribution >= 0.6 is 11.8 Å². The summed E-state index contributed by atoms with van der Waals surface area (Å²) in [5.41, 5.74) is 6.06. The van der Waals surface area contributed by atoms with Gasteiger partial charge in [0, 0.05) is 23.6 Å². The zero-order chi connectivity index (χ0) is 21.8. The molecule has 0 aliphatic heterocycles. The highest BCUT2D eigenvalue weighted by Gasteiger charge is 2.14. The van der Waals surface area contributed by atoms with Crippen LogP contribution in [0.4, 0.5) is 0 Å². The molecule has 4 aromatic rings. The van der Waals surface area contributed by atoms with E-state index in [1.165, 1.54) is 11.1 Å². The number of nitrogens with one attached hydrogen (secondary N) is 1. The first-order chi connectivity index (χ1) is 15.0. The first-order valence-electron chi connectivity index (χ1n) is 10.4. The van der Waals surface area contributed by atoms with Gasteiger partial charge in [-0.1, -0.05) is 53.7 Å². The van der Waals surface area contributed by atoms with Crippen molar-refractivity contribution < 1.29 is 4.79 Å². The first-order valence-corrected chi connectivity index (χ1v) is 11.4. The summed E-state index contributed by atoms with van der Waals surface area (Å²) in [7, 11) is 0. The predicted molar refractivity (Wildman–Crippen MR) is 126 cm³/mol. The number of imidazole rings is 1. The Labute approximate surface area is 186 Å². The maximum absolute atomic E-state index is 12.2. The van der Waals surface area contributed by atoms with Crippen LogP contribution < -0.4 is 5.32 Å². The second-order valence-corrected chi connectivity index (χ2v) is 8.87. The fourth-order valence-electron chi connectivity index (χ4n) is 3.43. The quantitative estimate of drug-likeness (QED) is 0.409. The highest BCUT2D eigenvalue weighted by atomic mass is 32.2. The fourth-order valence-corrected chi connectivity index (χ4v) is 4.37. The number of amides is 1. The molecule has 2 heterocycles. The third-order valence-electron chi connectivity index (χ3n) is 4.90. The fraction of sp³-hybridized carbons (Fsp3) is 0.240. The topological polar surface area (TPSA) is 59.8 Å². The first kappa shape index (κ1) is 21.1. The van der Waals surface area contributed by atoms with Crippen molar-refractivity contribution in [2.24, 2.45) is 0 Å². The molecule has 6 heteroatoms. The van der Waals surface area contributed by atoms with Gasteiger partial charge in [0.05, 0.1) is 6.54 Å². The summed E-state index contributed by atoms with van der Waals surface area (Å²) >= 11 is 1.72. The van der Waals surface area contributed by atoms with Crippen molar-refractivity contribution in [3.8, 4) is 0 Å². The molecule has 31 heavy (non-hydrogen) atoms. The second-order valence-electron chi connectivity index (χ2n) is 7.93. The van der Waals surface area contributed by atoms with Gasteiger partial charge in [0.15, 0.2) is 10.8 Å². The van der Waals surface area contributed by atoms with E-state index < -0.39 is 0 Å². The van der Waals surface area contributed by atoms with E-state index in [9.17, 15) is 4.79 Å². The van der Waals surface area contributed by atoms with Crippen LogP contribution in [0.5, 0.6) is 0 Å². The summed E-state index contributed by atoms with van der Waals surface area (Å²) in [5.74, 6) is 0.796. The van der Waals surface area contributed by atoms with Gasteiger partial charge in [-0.3, -0.25) is 9.36 Å². The molecule has 5 nitrogen and oxygen atoms in total. The molecule has 4 rings (SSSR count). The Kier molecular flexibility index (Phi) is 6.37. The number of carbonyl (C=O) groups is 1. The van der Waals surface area contributed by atoms with Crippen molar-refractivity contribution in [3.05, 3.63) is 89.1 Å². The molecule has 1 amide bonds. The maximum atomic E-state index is 12.2. The van der Waals surface area contributed by atoms with Crippen LogP contribution in [-0.2, 0) is 12.3 Å². The van der Waals surface area contributed by atoms with Gasteiger partial charge in [0.1, 0.15) is 5.52 Å². The Morgan fingerprint density at radius 2 is 1.87 bits per heavy atom. The average molecular weight is 431 g/mol. The highest BCUT2D eigenvalue weighted by molar-refractivity contribution is 7.98. The molecule has 0 unspecified atom stereocenters. The van der Waals surface area contributed by atoms with Gasteiger partial charge in [0.25, 0.3) is 5.91 Å². The minimum atomic E-state index is -0.0503. The Hall–Kier alpha value is -3.12. The summed E-state index contributed by atoms with van der Waals surface area (Å²) in [6.45, 7) is 6.67. The predicted octanol–water partition coefficient (Wildman–Crippen LogP) is 5.22. The number of aryl methyl sites for hydroxylation is 1. The molecule has 0 spiro atoms. The van der Waals surface area contributed by atoms with Crippen molar-refractivity contribution >= 4 is 28.8 Å². The van der Waals surface area contributed by atoms with Crippen molar-refractivity contribution in [1.29, 1.82) is 0 Å². The van der Waals surface area contributed by atoms with E-state index in [0.717, 1.165) is 27.6 Å². The van der Waals surface area contributed by atoms with Gasteiger partial charge in [-0.2, -0.15) is 0 Å². The minimum absolute atomic E-state index is 0.0503. The van der Waals surface area contributed by atoms with Crippen molar-refractivity contribution in [1.82, 2.24) is 19.9 Å². The van der Waals surface area contributed by atoms with Crippen LogP contribution in [0.1, 0.15) is 40.9 Å². The van der Waals surface area contributed by atoms with Crippen molar-refractivity contribution in [3.63, 3.8) is 0 Å². The van der Waals surface area contributed by atoms with E-state index >= 15 is 0 Å². The molecule has 0 radical (unpaired) electrons. The molecule has 0 aliphatic rings. The van der Waals surface area contributed by atoms with Gasteiger partial charge in [0.2, 0.25) is 0 Å². The van der Waals surface area contributed by atoms with Gasteiger partial charge in [-0.05, 0) is 56.2 Å². The molecule has 0 saturated heterocycles. The number of fused-ring (bicyclic) bond motifs is 1. The monoisotopic (exact) mass is 430 g/mol. The zero-order valence-electron chi connectivity index (χ0n) is 18.0. The van der Waals surface area contributed by atoms with Crippen LogP contribution in [0, 0.1) is 6.92 Å². The summed E-state index contributed by atoms with van der Waals surface area (Å²) in [6, 6.07) is 20.3. The number of rotatable bonds is 7. The minimum Gasteiger partial charge on any atom is -0.350 e. The van der Waals surface area contributed by atoms with Gasteiger partial charge in [-0.25, -0.2) is 9.97 Å². The number of carbonyl (C=O) groups excluding carboxylic acids is 1. The molecule has 158 valence electrons. The lowest BCUT2D eigenvalue weighted by molar-refractivity contribution is 0.0943. The number of aromatic nitrogens is 3. The number of thioether (sulfide) groups is 1. The molecule has 1 N–H and O–H groups in total. The Morgan fingerprint density at radius 3 is 2.61 bits per heavy atom. The van der Waals surface area contributed by atoms with E-state index in [4.69, 9.17) is 4.98 Å². The lowest BCUT2D eigenvalue weighted by Gasteiger charge is -2.11. The molecular formula is C25H26N4OS. The van der Waals surface area contributed by atoms with E-state index in [1.54, 1.807) is 18.0 Å². The third-order valence-corrected chi connectivity index (χ3v) is 5.94. The molecule has 0 aliphatic carbocycles.